The first kappa shape index (κ1) is 16.0. The van der Waals surface area contributed by atoms with E-state index >= 15 is 0 Å². The largest absolute Gasteiger partial charge is 0.350 e. The maximum atomic E-state index is 12.1. The monoisotopic (exact) mass is 304 g/mol. The molecule has 0 aliphatic carbocycles. The van der Waals surface area contributed by atoms with Crippen LogP contribution in [0.1, 0.15) is 22.8 Å². The number of carbonyl (C=O) groups is 3. The summed E-state index contributed by atoms with van der Waals surface area (Å²) in [5.41, 5.74) is 1.24. The van der Waals surface area contributed by atoms with E-state index in [0.29, 0.717) is 12.1 Å². The predicted molar refractivity (Wildman–Crippen MR) is 81.2 cm³/mol. The summed E-state index contributed by atoms with van der Waals surface area (Å²) in [6.07, 6.45) is 0. The Hall–Kier alpha value is -2.41. The lowest BCUT2D eigenvalue weighted by Gasteiger charge is -2.14. The van der Waals surface area contributed by atoms with Crippen LogP contribution in [0.25, 0.3) is 0 Å². The van der Waals surface area contributed by atoms with Gasteiger partial charge in [-0.15, -0.1) is 0 Å². The Kier molecular flexibility index (Phi) is 5.11. The maximum absolute atomic E-state index is 12.1. The zero-order valence-electron chi connectivity index (χ0n) is 12.7. The van der Waals surface area contributed by atoms with Crippen molar-refractivity contribution in [2.24, 2.45) is 0 Å². The van der Waals surface area contributed by atoms with E-state index in [2.05, 4.69) is 16.0 Å². The predicted octanol–water partition coefficient (Wildman–Crippen LogP) is 0.0761. The molecule has 1 heterocycles. The molecular formula is C15H20N4O3. The standard InChI is InChI=1S/C15H20N4O3/c1-10(16-2)7-17-14(21)12-5-3-4-11(6-12)9-19-13(20)8-18-15(19)22/h3-6,10,16H,7-9H2,1-2H3,(H,17,21)(H,18,22). The van der Waals surface area contributed by atoms with Gasteiger partial charge >= 0.3 is 6.03 Å². The van der Waals surface area contributed by atoms with E-state index < -0.39 is 6.03 Å². The summed E-state index contributed by atoms with van der Waals surface area (Å²) in [5, 5.41) is 8.33. The fourth-order valence-electron chi connectivity index (χ4n) is 2.06. The number of urea groups is 1. The van der Waals surface area contributed by atoms with Gasteiger partial charge in [0.25, 0.3) is 5.91 Å². The number of nitrogens with one attached hydrogen (secondary N) is 3. The highest BCUT2D eigenvalue weighted by atomic mass is 16.2. The third-order valence-corrected chi connectivity index (χ3v) is 3.53. The van der Waals surface area contributed by atoms with Crippen LogP contribution >= 0.6 is 0 Å². The Bertz CT molecular complexity index is 572. The van der Waals surface area contributed by atoms with Gasteiger partial charge in [0.2, 0.25) is 5.91 Å². The number of rotatable bonds is 6. The summed E-state index contributed by atoms with van der Waals surface area (Å²) in [4.78, 5) is 36.3. The topological polar surface area (TPSA) is 90.5 Å². The van der Waals surface area contributed by atoms with Gasteiger partial charge in [-0.2, -0.15) is 0 Å². The smallest absolute Gasteiger partial charge is 0.324 e. The molecule has 0 saturated carbocycles. The van der Waals surface area contributed by atoms with Gasteiger partial charge in [-0.3, -0.25) is 14.5 Å². The van der Waals surface area contributed by atoms with Gasteiger partial charge in [0.1, 0.15) is 0 Å². The van der Waals surface area contributed by atoms with Gasteiger partial charge in [-0.1, -0.05) is 12.1 Å². The van der Waals surface area contributed by atoms with E-state index in [9.17, 15) is 14.4 Å². The lowest BCUT2D eigenvalue weighted by molar-refractivity contribution is -0.125. The zero-order valence-corrected chi connectivity index (χ0v) is 12.7. The van der Waals surface area contributed by atoms with Crippen molar-refractivity contribution >= 4 is 17.8 Å². The quantitative estimate of drug-likeness (QED) is 0.649. The van der Waals surface area contributed by atoms with Crippen LogP contribution in [0.5, 0.6) is 0 Å². The molecule has 0 radical (unpaired) electrons. The Morgan fingerprint density at radius 3 is 2.82 bits per heavy atom. The molecule has 0 spiro atoms. The second-order valence-corrected chi connectivity index (χ2v) is 5.24. The number of benzene rings is 1. The van der Waals surface area contributed by atoms with Crippen LogP contribution in [0.2, 0.25) is 0 Å². The molecule has 0 aromatic heterocycles. The average Bonchev–Trinajstić information content (AvgIpc) is 2.84. The van der Waals surface area contributed by atoms with Gasteiger partial charge in [-0.05, 0) is 31.7 Å². The molecule has 1 aliphatic heterocycles. The molecule has 1 fully saturated rings. The molecule has 1 saturated heterocycles. The van der Waals surface area contributed by atoms with E-state index in [-0.39, 0.29) is 30.9 Å². The molecule has 3 N–H and O–H groups in total. The molecular weight excluding hydrogens is 284 g/mol. The fourth-order valence-corrected chi connectivity index (χ4v) is 2.06. The van der Waals surface area contributed by atoms with Crippen molar-refractivity contribution < 1.29 is 14.4 Å². The third-order valence-electron chi connectivity index (χ3n) is 3.53. The van der Waals surface area contributed by atoms with Gasteiger partial charge < -0.3 is 16.0 Å². The molecule has 0 bridgehead atoms. The van der Waals surface area contributed by atoms with Crippen molar-refractivity contribution in [1.82, 2.24) is 20.9 Å². The number of imide groups is 1. The van der Waals surface area contributed by atoms with Crippen LogP contribution in [0.4, 0.5) is 4.79 Å². The summed E-state index contributed by atoms with van der Waals surface area (Å²) in [6.45, 7) is 2.68. The Morgan fingerprint density at radius 2 is 2.18 bits per heavy atom. The minimum Gasteiger partial charge on any atom is -0.350 e. The molecule has 22 heavy (non-hydrogen) atoms. The Morgan fingerprint density at radius 1 is 1.41 bits per heavy atom. The van der Waals surface area contributed by atoms with Crippen molar-refractivity contribution in [1.29, 1.82) is 0 Å². The molecule has 1 atom stereocenters. The second kappa shape index (κ2) is 7.04. The van der Waals surface area contributed by atoms with Crippen LogP contribution in [-0.2, 0) is 11.3 Å². The minimum absolute atomic E-state index is 0.0287. The van der Waals surface area contributed by atoms with E-state index in [1.807, 2.05) is 14.0 Å². The van der Waals surface area contributed by atoms with Crippen LogP contribution in [0.3, 0.4) is 0 Å². The lowest BCUT2D eigenvalue weighted by Crippen LogP contribution is -2.37. The number of hydrogen-bond donors (Lipinski definition) is 3. The van der Waals surface area contributed by atoms with Crippen LogP contribution in [0.15, 0.2) is 24.3 Å². The molecule has 7 heteroatoms. The number of likely N-dealkylation sites (N-methyl/N-ethyl adjacent to an activating group) is 1. The number of nitrogens with zero attached hydrogens (tertiary/aromatic N) is 1. The average molecular weight is 304 g/mol. The Labute approximate surface area is 129 Å². The SMILES string of the molecule is CNC(C)CNC(=O)c1cccc(CN2C(=O)CNC2=O)c1. The van der Waals surface area contributed by atoms with Crippen molar-refractivity contribution in [3.05, 3.63) is 35.4 Å². The van der Waals surface area contributed by atoms with Crippen LogP contribution < -0.4 is 16.0 Å². The molecule has 7 nitrogen and oxygen atoms in total. The van der Waals surface area contributed by atoms with E-state index in [0.717, 1.165) is 10.5 Å². The summed E-state index contributed by atoms with van der Waals surface area (Å²) in [5.74, 6) is -0.441. The molecule has 2 rings (SSSR count). The fraction of sp³-hybridized carbons (Fsp3) is 0.400. The van der Waals surface area contributed by atoms with Gasteiger partial charge in [-0.25, -0.2) is 4.79 Å². The molecule has 1 aliphatic rings. The van der Waals surface area contributed by atoms with Crippen LogP contribution in [0, 0.1) is 0 Å². The molecule has 1 aromatic rings. The highest BCUT2D eigenvalue weighted by molar-refractivity contribution is 6.02. The van der Waals surface area contributed by atoms with Crippen molar-refractivity contribution in [3.8, 4) is 0 Å². The lowest BCUT2D eigenvalue weighted by atomic mass is 10.1. The third kappa shape index (κ3) is 3.82. The second-order valence-electron chi connectivity index (χ2n) is 5.24. The van der Waals surface area contributed by atoms with E-state index in [1.54, 1.807) is 24.3 Å². The number of amides is 4. The van der Waals surface area contributed by atoms with Gasteiger partial charge in [0.05, 0.1) is 13.1 Å². The van der Waals surface area contributed by atoms with Crippen LogP contribution in [-0.4, -0.2) is 48.9 Å². The number of carbonyl (C=O) groups excluding carboxylic acids is 3. The zero-order chi connectivity index (χ0) is 16.1. The van der Waals surface area contributed by atoms with Gasteiger partial charge in [0, 0.05) is 18.2 Å². The van der Waals surface area contributed by atoms with E-state index in [1.165, 1.54) is 0 Å². The first-order valence-electron chi connectivity index (χ1n) is 7.14. The highest BCUT2D eigenvalue weighted by Gasteiger charge is 2.28. The van der Waals surface area contributed by atoms with Crippen molar-refractivity contribution in [3.63, 3.8) is 0 Å². The van der Waals surface area contributed by atoms with Crippen molar-refractivity contribution in [2.75, 3.05) is 20.1 Å². The minimum atomic E-state index is -0.400. The summed E-state index contributed by atoms with van der Waals surface area (Å²) < 4.78 is 0. The molecule has 4 amide bonds. The van der Waals surface area contributed by atoms with Crippen molar-refractivity contribution in [2.45, 2.75) is 19.5 Å². The normalized spacial score (nSPS) is 15.6. The maximum Gasteiger partial charge on any atom is 0.324 e. The summed E-state index contributed by atoms with van der Waals surface area (Å²) in [6, 6.07) is 6.70. The highest BCUT2D eigenvalue weighted by Crippen LogP contribution is 2.11. The van der Waals surface area contributed by atoms with E-state index in [4.69, 9.17) is 0 Å². The molecule has 1 unspecified atom stereocenters. The number of hydrogen-bond acceptors (Lipinski definition) is 4. The first-order valence-corrected chi connectivity index (χ1v) is 7.14. The first-order chi connectivity index (χ1) is 10.5. The van der Waals surface area contributed by atoms with Gasteiger partial charge in [0.15, 0.2) is 0 Å². The summed E-state index contributed by atoms with van der Waals surface area (Å²) in [7, 11) is 1.83. The molecule has 1 aromatic carbocycles. The summed E-state index contributed by atoms with van der Waals surface area (Å²) >= 11 is 0. The molecule has 118 valence electrons. The Balaban J connectivity index is 2.02.